The summed E-state index contributed by atoms with van der Waals surface area (Å²) < 4.78 is 5.35. The van der Waals surface area contributed by atoms with Gasteiger partial charge >= 0.3 is 5.97 Å². The van der Waals surface area contributed by atoms with Crippen LogP contribution in [0.1, 0.15) is 43.4 Å². The average Bonchev–Trinajstić information content (AvgIpc) is 2.32. The molecule has 3 nitrogen and oxygen atoms in total. The Morgan fingerprint density at radius 2 is 1.90 bits per heavy atom. The standard InChI is InChI=1S/C17H25NO2/c1-7-14(13-9-8-11(2)12(3)10-13)15(18)16(19)20-17(4,5)6/h7-10,14-15H,1,18H2,2-6H3/t14-,15+/m1/s1. The lowest BCUT2D eigenvalue weighted by atomic mass is 9.90. The highest BCUT2D eigenvalue weighted by molar-refractivity contribution is 5.77. The van der Waals surface area contributed by atoms with Crippen LogP contribution in [0.4, 0.5) is 0 Å². The van der Waals surface area contributed by atoms with Gasteiger partial charge in [0.2, 0.25) is 0 Å². The van der Waals surface area contributed by atoms with E-state index in [-0.39, 0.29) is 5.92 Å². The molecule has 1 rings (SSSR count). The maximum Gasteiger partial charge on any atom is 0.324 e. The second kappa shape index (κ2) is 6.23. The Balaban J connectivity index is 2.97. The molecule has 0 bridgehead atoms. The molecule has 2 N–H and O–H groups in total. The molecule has 0 saturated heterocycles. The van der Waals surface area contributed by atoms with Gasteiger partial charge in [-0.1, -0.05) is 24.3 Å². The van der Waals surface area contributed by atoms with E-state index in [0.717, 1.165) is 5.56 Å². The first-order valence-corrected chi connectivity index (χ1v) is 6.84. The minimum Gasteiger partial charge on any atom is -0.459 e. The van der Waals surface area contributed by atoms with E-state index in [1.807, 2.05) is 45.9 Å². The molecule has 0 fully saturated rings. The number of hydrogen-bond donors (Lipinski definition) is 1. The van der Waals surface area contributed by atoms with Gasteiger partial charge in [-0.15, -0.1) is 6.58 Å². The van der Waals surface area contributed by atoms with Crippen molar-refractivity contribution in [2.75, 3.05) is 0 Å². The van der Waals surface area contributed by atoms with Crippen molar-refractivity contribution in [3.8, 4) is 0 Å². The molecule has 0 saturated carbocycles. The Morgan fingerprint density at radius 3 is 2.35 bits per heavy atom. The smallest absolute Gasteiger partial charge is 0.324 e. The van der Waals surface area contributed by atoms with Crippen molar-refractivity contribution in [2.45, 2.75) is 52.2 Å². The van der Waals surface area contributed by atoms with E-state index < -0.39 is 17.6 Å². The van der Waals surface area contributed by atoms with Gasteiger partial charge in [-0.25, -0.2) is 0 Å². The molecule has 3 heteroatoms. The van der Waals surface area contributed by atoms with E-state index in [0.29, 0.717) is 0 Å². The van der Waals surface area contributed by atoms with E-state index in [1.165, 1.54) is 11.1 Å². The number of aryl methyl sites for hydroxylation is 2. The maximum atomic E-state index is 12.1. The predicted octanol–water partition coefficient (Wildman–Crippen LogP) is 3.24. The molecule has 0 aliphatic rings. The molecule has 0 unspecified atom stereocenters. The topological polar surface area (TPSA) is 52.3 Å². The predicted molar refractivity (Wildman–Crippen MR) is 82.7 cm³/mol. The molecule has 0 radical (unpaired) electrons. The third-order valence-electron chi connectivity index (χ3n) is 3.24. The Bertz CT molecular complexity index is 500. The normalized spacial score (nSPS) is 14.5. The van der Waals surface area contributed by atoms with Gasteiger partial charge in [0.1, 0.15) is 11.6 Å². The van der Waals surface area contributed by atoms with Crippen LogP contribution in [-0.4, -0.2) is 17.6 Å². The van der Waals surface area contributed by atoms with Gasteiger partial charge in [0.15, 0.2) is 0 Å². The van der Waals surface area contributed by atoms with Crippen molar-refractivity contribution in [1.82, 2.24) is 0 Å². The summed E-state index contributed by atoms with van der Waals surface area (Å²) in [6.45, 7) is 13.4. The quantitative estimate of drug-likeness (QED) is 0.678. The highest BCUT2D eigenvalue weighted by atomic mass is 16.6. The molecule has 2 atom stereocenters. The first kappa shape index (κ1) is 16.4. The second-order valence-electron chi connectivity index (χ2n) is 6.16. The van der Waals surface area contributed by atoms with E-state index in [4.69, 9.17) is 10.5 Å². The summed E-state index contributed by atoms with van der Waals surface area (Å²) in [5.41, 5.74) is 8.89. The summed E-state index contributed by atoms with van der Waals surface area (Å²) in [6, 6.07) is 5.32. The van der Waals surface area contributed by atoms with Gasteiger partial charge in [0.25, 0.3) is 0 Å². The summed E-state index contributed by atoms with van der Waals surface area (Å²) in [7, 11) is 0. The number of nitrogens with two attached hydrogens (primary N) is 1. The minimum atomic E-state index is -0.742. The fourth-order valence-corrected chi connectivity index (χ4v) is 1.98. The largest absolute Gasteiger partial charge is 0.459 e. The van der Waals surface area contributed by atoms with Crippen molar-refractivity contribution in [3.05, 3.63) is 47.5 Å². The lowest BCUT2D eigenvalue weighted by Gasteiger charge is -2.25. The number of rotatable bonds is 4. The van der Waals surface area contributed by atoms with Crippen molar-refractivity contribution in [1.29, 1.82) is 0 Å². The molecular formula is C17H25NO2. The van der Waals surface area contributed by atoms with Crippen molar-refractivity contribution < 1.29 is 9.53 Å². The van der Waals surface area contributed by atoms with Gasteiger partial charge in [0, 0.05) is 5.92 Å². The first-order valence-electron chi connectivity index (χ1n) is 6.84. The summed E-state index contributed by atoms with van der Waals surface area (Å²) in [4.78, 5) is 12.1. The van der Waals surface area contributed by atoms with Crippen LogP contribution < -0.4 is 5.73 Å². The zero-order valence-electron chi connectivity index (χ0n) is 13.1. The fourth-order valence-electron chi connectivity index (χ4n) is 1.98. The number of ether oxygens (including phenoxy) is 1. The third kappa shape index (κ3) is 4.20. The van der Waals surface area contributed by atoms with Gasteiger partial charge < -0.3 is 10.5 Å². The summed E-state index contributed by atoms with van der Waals surface area (Å²) in [5, 5.41) is 0. The van der Waals surface area contributed by atoms with Crippen LogP contribution in [-0.2, 0) is 9.53 Å². The lowest BCUT2D eigenvalue weighted by molar-refractivity contribution is -0.156. The van der Waals surface area contributed by atoms with E-state index in [2.05, 4.69) is 13.5 Å². The van der Waals surface area contributed by atoms with Gasteiger partial charge in [-0.05, 0) is 51.3 Å². The van der Waals surface area contributed by atoms with Crippen LogP contribution in [0.5, 0.6) is 0 Å². The molecule has 110 valence electrons. The molecule has 0 spiro atoms. The van der Waals surface area contributed by atoms with Gasteiger partial charge in [-0.3, -0.25) is 4.79 Å². The zero-order chi connectivity index (χ0) is 15.5. The zero-order valence-corrected chi connectivity index (χ0v) is 13.1. The van der Waals surface area contributed by atoms with Crippen LogP contribution in [0.25, 0.3) is 0 Å². The lowest BCUT2D eigenvalue weighted by Crippen LogP contribution is -2.41. The average molecular weight is 275 g/mol. The Morgan fingerprint density at radius 1 is 1.30 bits per heavy atom. The van der Waals surface area contributed by atoms with Gasteiger partial charge in [-0.2, -0.15) is 0 Å². The maximum absolute atomic E-state index is 12.1. The van der Waals surface area contributed by atoms with Crippen LogP contribution in [0, 0.1) is 13.8 Å². The molecular weight excluding hydrogens is 250 g/mol. The van der Waals surface area contributed by atoms with Crippen molar-refractivity contribution in [2.24, 2.45) is 5.73 Å². The van der Waals surface area contributed by atoms with Crippen LogP contribution in [0.3, 0.4) is 0 Å². The molecule has 0 aliphatic heterocycles. The highest BCUT2D eigenvalue weighted by Crippen LogP contribution is 2.24. The molecule has 1 aromatic carbocycles. The van der Waals surface area contributed by atoms with Gasteiger partial charge in [0.05, 0.1) is 0 Å². The Hall–Kier alpha value is -1.61. The van der Waals surface area contributed by atoms with Crippen LogP contribution in [0.15, 0.2) is 30.9 Å². The van der Waals surface area contributed by atoms with E-state index >= 15 is 0 Å². The van der Waals surface area contributed by atoms with Crippen molar-refractivity contribution >= 4 is 5.97 Å². The van der Waals surface area contributed by atoms with E-state index in [9.17, 15) is 4.79 Å². The summed E-state index contributed by atoms with van der Waals surface area (Å²) >= 11 is 0. The number of carbonyl (C=O) groups excluding carboxylic acids is 1. The molecule has 0 heterocycles. The summed E-state index contributed by atoms with van der Waals surface area (Å²) in [5.74, 6) is -0.648. The number of esters is 1. The van der Waals surface area contributed by atoms with Crippen LogP contribution in [0.2, 0.25) is 0 Å². The molecule has 0 aromatic heterocycles. The number of benzene rings is 1. The Kier molecular flexibility index (Phi) is 5.12. The number of carbonyl (C=O) groups is 1. The van der Waals surface area contributed by atoms with E-state index in [1.54, 1.807) is 6.08 Å². The Labute approximate surface area is 121 Å². The molecule has 1 aromatic rings. The molecule has 0 amide bonds. The van der Waals surface area contributed by atoms with Crippen LogP contribution >= 0.6 is 0 Å². The highest BCUT2D eigenvalue weighted by Gasteiger charge is 2.28. The fraction of sp³-hybridized carbons (Fsp3) is 0.471. The minimum absolute atomic E-state index is 0.246. The number of hydrogen-bond acceptors (Lipinski definition) is 3. The molecule has 20 heavy (non-hydrogen) atoms. The third-order valence-corrected chi connectivity index (χ3v) is 3.24. The summed E-state index contributed by atoms with van der Waals surface area (Å²) in [6.07, 6.45) is 1.71. The monoisotopic (exact) mass is 275 g/mol. The van der Waals surface area contributed by atoms with Crippen molar-refractivity contribution in [3.63, 3.8) is 0 Å². The first-order chi connectivity index (χ1) is 9.15. The second-order valence-corrected chi connectivity index (χ2v) is 6.16. The SMILES string of the molecule is C=C[C@H](c1ccc(C)c(C)c1)[C@H](N)C(=O)OC(C)(C)C. The molecule has 0 aliphatic carbocycles.